The van der Waals surface area contributed by atoms with E-state index in [4.69, 9.17) is 4.74 Å². The first-order valence-electron chi connectivity index (χ1n) is 7.67. The lowest BCUT2D eigenvalue weighted by Crippen LogP contribution is -2.07. The van der Waals surface area contributed by atoms with Crippen molar-refractivity contribution in [3.8, 4) is 0 Å². The van der Waals surface area contributed by atoms with Gasteiger partial charge in [0.15, 0.2) is 22.1 Å². The van der Waals surface area contributed by atoms with Crippen molar-refractivity contribution >= 4 is 34.4 Å². The lowest BCUT2D eigenvalue weighted by molar-refractivity contribution is 0.0592. The number of thioether (sulfide) groups is 1. The Morgan fingerprint density at radius 1 is 1.38 bits per heavy atom. The topological polar surface area (TPSA) is 64.9 Å². The fraction of sp³-hybridized carbons (Fsp3) is 0.312. The Morgan fingerprint density at radius 2 is 2.29 bits per heavy atom. The largest absolute Gasteiger partial charge is 0.358 e. The Bertz CT molecular complexity index is 878. The van der Waals surface area contributed by atoms with Crippen molar-refractivity contribution in [3.05, 3.63) is 36.4 Å². The molecule has 1 atom stereocenters. The highest BCUT2D eigenvalue weighted by Crippen LogP contribution is 2.30. The summed E-state index contributed by atoms with van der Waals surface area (Å²) in [7, 11) is 0. The number of hydrogen-bond acceptors (Lipinski definition) is 6. The maximum atomic E-state index is 13.4. The molecular weight excluding hydrogens is 329 g/mol. The number of aromatic nitrogens is 4. The van der Waals surface area contributed by atoms with Crippen LogP contribution in [0.5, 0.6) is 0 Å². The van der Waals surface area contributed by atoms with Crippen LogP contribution in [0.3, 0.4) is 0 Å². The van der Waals surface area contributed by atoms with E-state index in [0.29, 0.717) is 22.2 Å². The number of anilines is 2. The van der Waals surface area contributed by atoms with Crippen LogP contribution in [0.4, 0.5) is 15.9 Å². The third-order valence-corrected chi connectivity index (χ3v) is 4.43. The van der Waals surface area contributed by atoms with Crippen LogP contribution >= 0.6 is 11.8 Å². The smallest absolute Gasteiger partial charge is 0.191 e. The van der Waals surface area contributed by atoms with Crippen molar-refractivity contribution < 1.29 is 9.13 Å². The van der Waals surface area contributed by atoms with E-state index in [9.17, 15) is 4.39 Å². The summed E-state index contributed by atoms with van der Waals surface area (Å²) in [5.74, 6) is 0.256. The zero-order valence-electron chi connectivity index (χ0n) is 13.1. The van der Waals surface area contributed by atoms with Gasteiger partial charge in [0.25, 0.3) is 0 Å². The highest BCUT2D eigenvalue weighted by Gasteiger charge is 2.22. The molecule has 1 saturated heterocycles. The van der Waals surface area contributed by atoms with Crippen LogP contribution in [-0.2, 0) is 4.74 Å². The van der Waals surface area contributed by atoms with Gasteiger partial charge in [-0.1, -0.05) is 17.8 Å². The van der Waals surface area contributed by atoms with Crippen LogP contribution in [0.1, 0.15) is 19.1 Å². The summed E-state index contributed by atoms with van der Waals surface area (Å²) in [6.07, 6.45) is 5.58. The number of halogens is 1. The zero-order valence-corrected chi connectivity index (χ0v) is 13.9. The molecule has 1 aromatic carbocycles. The Morgan fingerprint density at radius 3 is 3.04 bits per heavy atom. The molecule has 0 amide bonds. The molecule has 3 heterocycles. The molecule has 0 radical (unpaired) electrons. The summed E-state index contributed by atoms with van der Waals surface area (Å²) in [5, 5.41) is 3.77. The monoisotopic (exact) mass is 345 g/mol. The van der Waals surface area contributed by atoms with E-state index in [1.807, 2.05) is 10.8 Å². The quantitative estimate of drug-likeness (QED) is 0.574. The number of imidazole rings is 1. The fourth-order valence-electron chi connectivity index (χ4n) is 2.77. The Balaban J connectivity index is 1.79. The van der Waals surface area contributed by atoms with Crippen molar-refractivity contribution in [1.82, 2.24) is 19.5 Å². The number of nitrogens with one attached hydrogen (secondary N) is 1. The van der Waals surface area contributed by atoms with Crippen LogP contribution < -0.4 is 5.32 Å². The van der Waals surface area contributed by atoms with E-state index in [1.165, 1.54) is 23.9 Å². The highest BCUT2D eigenvalue weighted by atomic mass is 32.2. The third-order valence-electron chi connectivity index (χ3n) is 3.89. The molecule has 0 saturated carbocycles. The van der Waals surface area contributed by atoms with Gasteiger partial charge in [-0.15, -0.1) is 0 Å². The number of hydrogen-bond donors (Lipinski definition) is 1. The molecule has 1 unspecified atom stereocenters. The summed E-state index contributed by atoms with van der Waals surface area (Å²) in [6.45, 7) is 0.749. The number of nitrogens with zero attached hydrogens (tertiary/aromatic N) is 4. The van der Waals surface area contributed by atoms with Crippen LogP contribution in [0, 0.1) is 5.82 Å². The van der Waals surface area contributed by atoms with Crippen molar-refractivity contribution in [2.45, 2.75) is 24.2 Å². The molecule has 1 fully saturated rings. The molecule has 2 aromatic heterocycles. The predicted molar refractivity (Wildman–Crippen MR) is 91.0 cm³/mol. The molecule has 6 nitrogen and oxygen atoms in total. The van der Waals surface area contributed by atoms with E-state index in [0.717, 1.165) is 25.1 Å². The van der Waals surface area contributed by atoms with Crippen molar-refractivity contribution in [2.75, 3.05) is 18.2 Å². The van der Waals surface area contributed by atoms with Gasteiger partial charge in [-0.2, -0.15) is 0 Å². The molecule has 8 heteroatoms. The Kier molecular flexibility index (Phi) is 4.07. The molecule has 24 heavy (non-hydrogen) atoms. The summed E-state index contributed by atoms with van der Waals surface area (Å²) in [6, 6.07) is 6.26. The Hall–Kier alpha value is -2.19. The van der Waals surface area contributed by atoms with Crippen molar-refractivity contribution in [3.63, 3.8) is 0 Å². The maximum Gasteiger partial charge on any atom is 0.191 e. The second kappa shape index (κ2) is 6.37. The van der Waals surface area contributed by atoms with Crippen LogP contribution in [0.15, 0.2) is 35.7 Å². The number of rotatable bonds is 4. The zero-order chi connectivity index (χ0) is 16.5. The second-order valence-electron chi connectivity index (χ2n) is 5.49. The molecule has 1 N–H and O–H groups in total. The van der Waals surface area contributed by atoms with Gasteiger partial charge in [-0.25, -0.2) is 19.3 Å². The highest BCUT2D eigenvalue weighted by molar-refractivity contribution is 7.98. The van der Waals surface area contributed by atoms with Crippen LogP contribution in [0.2, 0.25) is 0 Å². The maximum absolute atomic E-state index is 13.4. The van der Waals surface area contributed by atoms with Crippen LogP contribution in [0.25, 0.3) is 11.2 Å². The van der Waals surface area contributed by atoms with Gasteiger partial charge in [-0.05, 0) is 37.3 Å². The molecular formula is C16H16FN5OS. The fourth-order valence-corrected chi connectivity index (χ4v) is 3.13. The lowest BCUT2D eigenvalue weighted by Gasteiger charge is -2.12. The predicted octanol–water partition coefficient (Wildman–Crippen LogP) is 3.74. The summed E-state index contributed by atoms with van der Waals surface area (Å²) in [5.41, 5.74) is 1.99. The van der Waals surface area contributed by atoms with Crippen molar-refractivity contribution in [1.29, 1.82) is 0 Å². The number of fused-ring (bicyclic) bond motifs is 1. The lowest BCUT2D eigenvalue weighted by atomic mass is 10.3. The molecule has 4 rings (SSSR count). The first-order chi connectivity index (χ1) is 11.7. The average Bonchev–Trinajstić information content (AvgIpc) is 3.23. The number of ether oxygens (including phenoxy) is 1. The van der Waals surface area contributed by atoms with E-state index in [2.05, 4.69) is 20.3 Å². The van der Waals surface area contributed by atoms with Gasteiger partial charge in [0.2, 0.25) is 0 Å². The van der Waals surface area contributed by atoms with Gasteiger partial charge >= 0.3 is 0 Å². The molecule has 0 aliphatic carbocycles. The second-order valence-corrected chi connectivity index (χ2v) is 6.26. The summed E-state index contributed by atoms with van der Waals surface area (Å²) < 4.78 is 21.1. The first-order valence-corrected chi connectivity index (χ1v) is 8.90. The van der Waals surface area contributed by atoms with E-state index in [-0.39, 0.29) is 12.0 Å². The van der Waals surface area contributed by atoms with Gasteiger partial charge in [-0.3, -0.25) is 4.57 Å². The SMILES string of the molecule is CSc1nc(Nc2cccc(F)c2)c2ncn(C3CCCO3)c2n1. The van der Waals surface area contributed by atoms with Crippen LogP contribution in [-0.4, -0.2) is 32.4 Å². The van der Waals surface area contributed by atoms with Gasteiger partial charge < -0.3 is 10.1 Å². The average molecular weight is 345 g/mol. The van der Waals surface area contributed by atoms with Gasteiger partial charge in [0, 0.05) is 12.3 Å². The minimum Gasteiger partial charge on any atom is -0.358 e. The molecule has 1 aliphatic heterocycles. The van der Waals surface area contributed by atoms with Gasteiger partial charge in [0.1, 0.15) is 12.0 Å². The molecule has 3 aromatic rings. The molecule has 0 bridgehead atoms. The van der Waals surface area contributed by atoms with E-state index >= 15 is 0 Å². The Labute approximate surface area is 142 Å². The van der Waals surface area contributed by atoms with Gasteiger partial charge in [0.05, 0.1) is 6.33 Å². The minimum absolute atomic E-state index is 0.0402. The first kappa shape index (κ1) is 15.3. The molecule has 1 aliphatic rings. The number of benzene rings is 1. The molecule has 0 spiro atoms. The van der Waals surface area contributed by atoms with E-state index in [1.54, 1.807) is 18.5 Å². The molecule has 124 valence electrons. The third kappa shape index (κ3) is 2.83. The van der Waals surface area contributed by atoms with Crippen molar-refractivity contribution in [2.24, 2.45) is 0 Å². The van der Waals surface area contributed by atoms with E-state index < -0.39 is 0 Å². The minimum atomic E-state index is -0.305. The standard InChI is InChI=1S/C16H16FN5OS/c1-24-16-20-14(19-11-5-2-4-10(17)8-11)13-15(21-16)22(9-18-13)12-6-3-7-23-12/h2,4-5,8-9,12H,3,6-7H2,1H3,(H,19,20,21). The summed E-state index contributed by atoms with van der Waals surface area (Å²) in [4.78, 5) is 13.5. The normalized spacial score (nSPS) is 17.5. The summed E-state index contributed by atoms with van der Waals surface area (Å²) >= 11 is 1.45.